The molecule has 252 valence electrons. The minimum absolute atomic E-state index is 0.116. The maximum Gasteiger partial charge on any atom is 0.418 e. The largest absolute Gasteiger partial charge is 0.444 e. The zero-order valence-electron chi connectivity index (χ0n) is 25.7. The Kier molecular flexibility index (Phi) is 11.2. The van der Waals surface area contributed by atoms with Crippen molar-refractivity contribution in [2.45, 2.75) is 86.3 Å². The van der Waals surface area contributed by atoms with E-state index in [1.54, 1.807) is 39.0 Å². The molecule has 2 heterocycles. The number of likely N-dealkylation sites (tertiary alicyclic amines) is 1. The fraction of sp³-hybridized carbons (Fsp3) is 0.500. The van der Waals surface area contributed by atoms with Crippen molar-refractivity contribution in [3.63, 3.8) is 0 Å². The summed E-state index contributed by atoms with van der Waals surface area (Å²) in [5.74, 6) is -0.648. The topological polar surface area (TPSA) is 79.9 Å². The van der Waals surface area contributed by atoms with Crippen LogP contribution in [0.5, 0.6) is 0 Å². The molecule has 0 atom stereocenters. The molecule has 4 rings (SSSR count). The van der Waals surface area contributed by atoms with Crippen LogP contribution in [-0.4, -0.2) is 60.9 Å². The van der Waals surface area contributed by atoms with Crippen LogP contribution < -0.4 is 10.6 Å². The number of hydrogen-bond donors (Lipinski definition) is 2. The third-order valence-electron chi connectivity index (χ3n) is 7.35. The molecule has 2 aromatic rings. The minimum Gasteiger partial charge on any atom is -0.444 e. The van der Waals surface area contributed by atoms with Gasteiger partial charge in [-0.25, -0.2) is 4.79 Å². The van der Waals surface area contributed by atoms with Crippen LogP contribution in [0.3, 0.4) is 0 Å². The van der Waals surface area contributed by atoms with E-state index in [2.05, 4.69) is 10.6 Å². The molecule has 46 heavy (non-hydrogen) atoms. The van der Waals surface area contributed by atoms with Gasteiger partial charge in [-0.15, -0.1) is 0 Å². The van der Waals surface area contributed by atoms with Crippen LogP contribution in [0, 0.1) is 0 Å². The van der Waals surface area contributed by atoms with Gasteiger partial charge in [0.15, 0.2) is 0 Å². The van der Waals surface area contributed by atoms with Gasteiger partial charge in [0.1, 0.15) is 5.60 Å². The molecule has 14 heteroatoms. The van der Waals surface area contributed by atoms with Crippen LogP contribution in [-0.2, 0) is 26.6 Å². The summed E-state index contributed by atoms with van der Waals surface area (Å²) in [6, 6.07) is 8.31. The molecule has 2 amide bonds. The zero-order valence-corrected chi connectivity index (χ0v) is 26.5. The summed E-state index contributed by atoms with van der Waals surface area (Å²) in [6.07, 6.45) is -7.39. The minimum atomic E-state index is -5.36. The number of benzene rings is 2. The molecule has 0 radical (unpaired) electrons. The molecule has 0 unspecified atom stereocenters. The lowest BCUT2D eigenvalue weighted by atomic mass is 9.99. The molecule has 2 fully saturated rings. The maximum absolute atomic E-state index is 14.3. The van der Waals surface area contributed by atoms with Gasteiger partial charge in [-0.3, -0.25) is 4.79 Å². The molecule has 2 aliphatic rings. The number of halogens is 6. The number of ether oxygens (including phenoxy) is 2. The highest BCUT2D eigenvalue weighted by Gasteiger charge is 2.46. The number of alkyl halides is 6. The average molecular weight is 674 g/mol. The first-order valence-electron chi connectivity index (χ1n) is 14.9. The molecular weight excluding hydrogens is 636 g/mol. The Labute approximate surface area is 268 Å². The molecular formula is C32H37F6N3O4S. The Hall–Kier alpha value is -3.39. The second kappa shape index (κ2) is 14.6. The summed E-state index contributed by atoms with van der Waals surface area (Å²) in [5, 5.41) is 6.03. The molecule has 0 aliphatic carbocycles. The van der Waals surface area contributed by atoms with Crippen molar-refractivity contribution in [3.8, 4) is 0 Å². The Morgan fingerprint density at radius 3 is 2.17 bits per heavy atom. The number of amides is 2. The van der Waals surface area contributed by atoms with Crippen molar-refractivity contribution in [1.82, 2.24) is 10.2 Å². The van der Waals surface area contributed by atoms with Gasteiger partial charge < -0.3 is 25.0 Å². The van der Waals surface area contributed by atoms with E-state index >= 15 is 0 Å². The van der Waals surface area contributed by atoms with Crippen molar-refractivity contribution in [2.24, 2.45) is 0 Å². The summed E-state index contributed by atoms with van der Waals surface area (Å²) < 4.78 is 96.5. The number of carbonyl (C=O) groups excluding carboxylic acids is 2. The van der Waals surface area contributed by atoms with E-state index in [1.807, 2.05) is 0 Å². The fourth-order valence-electron chi connectivity index (χ4n) is 5.25. The number of nitrogens with one attached hydrogen (secondary N) is 2. The lowest BCUT2D eigenvalue weighted by molar-refractivity contribution is -0.163. The van der Waals surface area contributed by atoms with Gasteiger partial charge >= 0.3 is 18.4 Å². The van der Waals surface area contributed by atoms with E-state index in [4.69, 9.17) is 9.47 Å². The maximum atomic E-state index is 14.3. The number of anilines is 1. The molecule has 7 nitrogen and oxygen atoms in total. The first-order chi connectivity index (χ1) is 21.5. The highest BCUT2D eigenvalue weighted by molar-refractivity contribution is 7.99. The molecule has 0 saturated carbocycles. The second-order valence-corrected chi connectivity index (χ2v) is 13.3. The summed E-state index contributed by atoms with van der Waals surface area (Å²) >= 11 is 0.588. The van der Waals surface area contributed by atoms with Crippen molar-refractivity contribution < 1.29 is 45.4 Å². The van der Waals surface area contributed by atoms with Gasteiger partial charge in [0.25, 0.3) is 0 Å². The number of rotatable bonds is 7. The molecule has 0 bridgehead atoms. The summed E-state index contributed by atoms with van der Waals surface area (Å²) in [6.45, 7) is 6.72. The van der Waals surface area contributed by atoms with E-state index in [0.717, 1.165) is 37.1 Å². The zero-order chi connectivity index (χ0) is 33.7. The van der Waals surface area contributed by atoms with Gasteiger partial charge in [0.2, 0.25) is 5.91 Å². The number of alkyl carbamates (subject to hydrolysis) is 1. The van der Waals surface area contributed by atoms with Crippen LogP contribution in [0.2, 0.25) is 0 Å². The smallest absolute Gasteiger partial charge is 0.418 e. The summed E-state index contributed by atoms with van der Waals surface area (Å²) in [5.41, 5.74) is -4.47. The first kappa shape index (κ1) is 35.5. The SMILES string of the molecule is CC(C)(C)OC(=O)NC1CCN(C(=O)C=Cc2ccc(Sc3cccc(NC4CCOCC4)c3)c(C(F)(F)F)c2C(F)(F)F)CC1. The van der Waals surface area contributed by atoms with Crippen LogP contribution in [0.25, 0.3) is 6.08 Å². The average Bonchev–Trinajstić information content (AvgIpc) is 2.95. The van der Waals surface area contributed by atoms with E-state index in [0.29, 0.717) is 48.4 Å². The Morgan fingerprint density at radius 1 is 0.913 bits per heavy atom. The van der Waals surface area contributed by atoms with Crippen LogP contribution in [0.15, 0.2) is 52.3 Å². The van der Waals surface area contributed by atoms with Crippen LogP contribution in [0.4, 0.5) is 36.8 Å². The van der Waals surface area contributed by atoms with Crippen molar-refractivity contribution in [3.05, 3.63) is 59.2 Å². The first-order valence-corrected chi connectivity index (χ1v) is 15.7. The highest BCUT2D eigenvalue weighted by atomic mass is 32.2. The van der Waals surface area contributed by atoms with Gasteiger partial charge in [0.05, 0.1) is 11.1 Å². The van der Waals surface area contributed by atoms with E-state index in [-0.39, 0.29) is 25.2 Å². The molecule has 2 N–H and O–H groups in total. The molecule has 2 aromatic carbocycles. The highest BCUT2D eigenvalue weighted by Crippen LogP contribution is 2.48. The lowest BCUT2D eigenvalue weighted by Crippen LogP contribution is -2.47. The van der Waals surface area contributed by atoms with Gasteiger partial charge in [-0.05, 0) is 82.4 Å². The molecule has 0 spiro atoms. The second-order valence-electron chi connectivity index (χ2n) is 12.1. The number of nitrogens with zero attached hydrogens (tertiary/aromatic N) is 1. The predicted octanol–water partition coefficient (Wildman–Crippen LogP) is 8.00. The van der Waals surface area contributed by atoms with Gasteiger partial charge in [-0.1, -0.05) is 23.9 Å². The van der Waals surface area contributed by atoms with Crippen LogP contribution >= 0.6 is 11.8 Å². The number of carbonyl (C=O) groups is 2. The fourth-order valence-corrected chi connectivity index (χ4v) is 6.29. The number of piperidine rings is 1. The third kappa shape index (κ3) is 10.1. The van der Waals surface area contributed by atoms with Crippen molar-refractivity contribution in [2.75, 3.05) is 31.6 Å². The summed E-state index contributed by atoms with van der Waals surface area (Å²) in [4.78, 5) is 25.9. The molecule has 2 aliphatic heterocycles. The lowest BCUT2D eigenvalue weighted by Gasteiger charge is -2.32. The van der Waals surface area contributed by atoms with E-state index < -0.39 is 51.5 Å². The normalized spacial score (nSPS) is 17.3. The monoisotopic (exact) mass is 673 g/mol. The van der Waals surface area contributed by atoms with Gasteiger partial charge in [0, 0.05) is 59.9 Å². The Bertz CT molecular complexity index is 1410. The predicted molar refractivity (Wildman–Crippen MR) is 162 cm³/mol. The third-order valence-corrected chi connectivity index (χ3v) is 8.40. The van der Waals surface area contributed by atoms with E-state index in [9.17, 15) is 35.9 Å². The molecule has 0 aromatic heterocycles. The van der Waals surface area contributed by atoms with E-state index in [1.165, 1.54) is 11.0 Å². The summed E-state index contributed by atoms with van der Waals surface area (Å²) in [7, 11) is 0. The molecule has 2 saturated heterocycles. The van der Waals surface area contributed by atoms with Crippen LogP contribution in [0.1, 0.15) is 63.1 Å². The number of hydrogen-bond acceptors (Lipinski definition) is 6. The van der Waals surface area contributed by atoms with Crippen molar-refractivity contribution in [1.29, 1.82) is 0 Å². The Balaban J connectivity index is 1.51. The van der Waals surface area contributed by atoms with Gasteiger partial charge in [-0.2, -0.15) is 26.3 Å². The van der Waals surface area contributed by atoms with Crippen molar-refractivity contribution >= 4 is 35.5 Å². The Morgan fingerprint density at radius 2 is 1.57 bits per heavy atom. The quantitative estimate of drug-likeness (QED) is 0.229. The standard InChI is InChI=1S/C32H37F6N3O4S/c1-30(2,3)45-29(43)40-21-11-15-41(16-12-21)26(42)10-8-20-7-9-25(28(32(36,37)38)27(20)31(33,34)35)46-24-6-4-5-23(19-24)39-22-13-17-44-18-14-22/h4-10,19,21-22,39H,11-18H2,1-3H3,(H,40,43).